The number of fused-ring (bicyclic) bond motifs is 1. The lowest BCUT2D eigenvalue weighted by molar-refractivity contribution is -0.131. The zero-order valence-electron chi connectivity index (χ0n) is 19.9. The van der Waals surface area contributed by atoms with Crippen LogP contribution in [0.15, 0.2) is 41.3 Å². The third kappa shape index (κ3) is 5.06. The Bertz CT molecular complexity index is 1220. The molecule has 0 spiro atoms. The largest absolute Gasteiger partial charge is 0.493 e. The van der Waals surface area contributed by atoms with Crippen LogP contribution in [0.2, 0.25) is 0 Å². The Balaban J connectivity index is 1.40. The van der Waals surface area contributed by atoms with E-state index in [0.717, 1.165) is 5.56 Å². The molecular formula is C24H29N3O7S. The van der Waals surface area contributed by atoms with Gasteiger partial charge < -0.3 is 24.4 Å². The van der Waals surface area contributed by atoms with Gasteiger partial charge in [-0.15, -0.1) is 0 Å². The van der Waals surface area contributed by atoms with Gasteiger partial charge in [0, 0.05) is 26.2 Å². The fourth-order valence-corrected chi connectivity index (χ4v) is 5.61. The number of amides is 2. The molecule has 2 aromatic carbocycles. The first-order valence-electron chi connectivity index (χ1n) is 11.4. The van der Waals surface area contributed by atoms with E-state index in [1.54, 1.807) is 36.3 Å². The Labute approximate surface area is 204 Å². The van der Waals surface area contributed by atoms with Gasteiger partial charge in [0.1, 0.15) is 5.75 Å². The number of benzene rings is 2. The van der Waals surface area contributed by atoms with E-state index in [4.69, 9.17) is 14.2 Å². The van der Waals surface area contributed by atoms with Gasteiger partial charge in [-0.3, -0.25) is 9.59 Å². The number of anilines is 1. The van der Waals surface area contributed by atoms with E-state index in [1.165, 1.54) is 23.5 Å². The van der Waals surface area contributed by atoms with Crippen molar-refractivity contribution in [3.8, 4) is 17.2 Å². The molecule has 1 atom stereocenters. The lowest BCUT2D eigenvalue weighted by atomic mass is 10.1. The molecule has 2 aromatic rings. The summed E-state index contributed by atoms with van der Waals surface area (Å²) in [5.41, 5.74) is 1.12. The first kappa shape index (κ1) is 24.8. The fraction of sp³-hybridized carbons (Fsp3) is 0.417. The SMILES string of the molecule is CC[C@H]1Oc2ccc(S(=O)(=O)N3CCN(C(=O)Cc4ccc(OC)c(OC)c4)CC3)cc2NC1=O. The predicted molar refractivity (Wildman–Crippen MR) is 128 cm³/mol. The van der Waals surface area contributed by atoms with Gasteiger partial charge in [-0.2, -0.15) is 4.31 Å². The highest BCUT2D eigenvalue weighted by atomic mass is 32.2. The molecule has 0 saturated carbocycles. The van der Waals surface area contributed by atoms with Crippen LogP contribution < -0.4 is 19.5 Å². The van der Waals surface area contributed by atoms with Crippen molar-refractivity contribution in [2.75, 3.05) is 45.7 Å². The van der Waals surface area contributed by atoms with Crippen molar-refractivity contribution >= 4 is 27.5 Å². The summed E-state index contributed by atoms with van der Waals surface area (Å²) < 4.78 is 44.0. The number of hydrogen-bond acceptors (Lipinski definition) is 7. The van der Waals surface area contributed by atoms with Crippen molar-refractivity contribution in [1.82, 2.24) is 9.21 Å². The number of nitrogens with zero attached hydrogens (tertiary/aromatic N) is 2. The van der Waals surface area contributed by atoms with Crippen LogP contribution >= 0.6 is 0 Å². The zero-order chi connectivity index (χ0) is 25.2. The standard InChI is InChI=1S/C24H29N3O7S/c1-4-19-24(29)25-18-15-17(6-8-20(18)34-19)35(30,31)27-11-9-26(10-12-27)23(28)14-16-5-7-21(32-2)22(13-16)33-3/h5-8,13,15,19H,4,9-12,14H2,1-3H3,(H,25,29)/t19-/m1/s1. The second-order valence-corrected chi connectivity index (χ2v) is 10.3. The zero-order valence-corrected chi connectivity index (χ0v) is 20.8. The molecule has 1 N–H and O–H groups in total. The van der Waals surface area contributed by atoms with Crippen molar-refractivity contribution in [1.29, 1.82) is 0 Å². The number of hydrogen-bond donors (Lipinski definition) is 1. The Morgan fingerprint density at radius 3 is 2.43 bits per heavy atom. The molecule has 1 fully saturated rings. The molecule has 188 valence electrons. The predicted octanol–water partition coefficient (Wildman–Crippen LogP) is 1.89. The van der Waals surface area contributed by atoms with Gasteiger partial charge in [0.2, 0.25) is 15.9 Å². The molecule has 2 aliphatic heterocycles. The summed E-state index contributed by atoms with van der Waals surface area (Å²) in [6.07, 6.45) is 0.103. The second-order valence-electron chi connectivity index (χ2n) is 8.31. The van der Waals surface area contributed by atoms with Crippen LogP contribution in [0.3, 0.4) is 0 Å². The highest BCUT2D eigenvalue weighted by Crippen LogP contribution is 2.33. The van der Waals surface area contributed by atoms with Crippen molar-refractivity contribution in [2.24, 2.45) is 0 Å². The minimum atomic E-state index is -3.80. The highest BCUT2D eigenvalue weighted by molar-refractivity contribution is 7.89. The summed E-state index contributed by atoms with van der Waals surface area (Å²) in [4.78, 5) is 26.7. The molecule has 0 unspecified atom stereocenters. The third-order valence-electron chi connectivity index (χ3n) is 6.17. The van der Waals surface area contributed by atoms with Crippen LogP contribution in [0, 0.1) is 0 Å². The number of rotatable bonds is 7. The van der Waals surface area contributed by atoms with E-state index in [-0.39, 0.29) is 49.3 Å². The lowest BCUT2D eigenvalue weighted by Crippen LogP contribution is -2.50. The van der Waals surface area contributed by atoms with Crippen LogP contribution in [0.4, 0.5) is 5.69 Å². The molecule has 1 saturated heterocycles. The van der Waals surface area contributed by atoms with Crippen LogP contribution in [0.5, 0.6) is 17.2 Å². The molecule has 0 aliphatic carbocycles. The van der Waals surface area contributed by atoms with E-state index < -0.39 is 16.1 Å². The molecule has 2 heterocycles. The molecule has 10 nitrogen and oxygen atoms in total. The van der Waals surface area contributed by atoms with Gasteiger partial charge in [0.15, 0.2) is 17.6 Å². The monoisotopic (exact) mass is 503 g/mol. The topological polar surface area (TPSA) is 114 Å². The maximum atomic E-state index is 13.2. The number of nitrogens with one attached hydrogen (secondary N) is 1. The van der Waals surface area contributed by atoms with Crippen LogP contribution in [0.1, 0.15) is 18.9 Å². The van der Waals surface area contributed by atoms with Gasteiger partial charge in [0.25, 0.3) is 5.91 Å². The average Bonchev–Trinajstić information content (AvgIpc) is 2.87. The lowest BCUT2D eigenvalue weighted by Gasteiger charge is -2.34. The van der Waals surface area contributed by atoms with E-state index in [1.807, 2.05) is 6.92 Å². The van der Waals surface area contributed by atoms with Gasteiger partial charge in [-0.25, -0.2) is 8.42 Å². The van der Waals surface area contributed by atoms with Crippen molar-refractivity contribution in [3.63, 3.8) is 0 Å². The summed E-state index contributed by atoms with van der Waals surface area (Å²) in [6, 6.07) is 9.78. The number of ether oxygens (including phenoxy) is 3. The molecule has 11 heteroatoms. The Morgan fingerprint density at radius 1 is 1.06 bits per heavy atom. The Morgan fingerprint density at radius 2 is 1.77 bits per heavy atom. The maximum Gasteiger partial charge on any atom is 0.265 e. The summed E-state index contributed by atoms with van der Waals surface area (Å²) in [5, 5.41) is 2.72. The molecular weight excluding hydrogens is 474 g/mol. The van der Waals surface area contributed by atoms with Gasteiger partial charge in [0.05, 0.1) is 31.2 Å². The second kappa shape index (κ2) is 10.1. The van der Waals surface area contributed by atoms with Crippen LogP contribution in [0.25, 0.3) is 0 Å². The Hall–Kier alpha value is -3.31. The number of methoxy groups -OCH3 is 2. The van der Waals surface area contributed by atoms with E-state index in [2.05, 4.69) is 5.32 Å². The minimum Gasteiger partial charge on any atom is -0.493 e. The van der Waals surface area contributed by atoms with E-state index >= 15 is 0 Å². The van der Waals surface area contributed by atoms with Gasteiger partial charge >= 0.3 is 0 Å². The van der Waals surface area contributed by atoms with Crippen molar-refractivity contribution in [2.45, 2.75) is 30.8 Å². The smallest absolute Gasteiger partial charge is 0.265 e. The molecule has 35 heavy (non-hydrogen) atoms. The highest BCUT2D eigenvalue weighted by Gasteiger charge is 2.32. The number of carbonyl (C=O) groups excluding carboxylic acids is 2. The van der Waals surface area contributed by atoms with Crippen molar-refractivity contribution < 1.29 is 32.2 Å². The van der Waals surface area contributed by atoms with E-state index in [0.29, 0.717) is 29.4 Å². The van der Waals surface area contributed by atoms with E-state index in [9.17, 15) is 18.0 Å². The summed E-state index contributed by atoms with van der Waals surface area (Å²) in [5.74, 6) is 1.19. The molecule has 2 amide bonds. The molecule has 0 radical (unpaired) electrons. The molecule has 2 aliphatic rings. The summed E-state index contributed by atoms with van der Waals surface area (Å²) in [7, 11) is -0.715. The normalized spacial score (nSPS) is 18.3. The van der Waals surface area contributed by atoms with Gasteiger partial charge in [-0.05, 0) is 42.3 Å². The number of sulfonamides is 1. The van der Waals surface area contributed by atoms with Crippen molar-refractivity contribution in [3.05, 3.63) is 42.0 Å². The average molecular weight is 504 g/mol. The van der Waals surface area contributed by atoms with Crippen LogP contribution in [-0.2, 0) is 26.0 Å². The molecule has 4 rings (SSSR count). The number of piperazine rings is 1. The first-order valence-corrected chi connectivity index (χ1v) is 12.8. The molecule has 0 aromatic heterocycles. The Kier molecular flexibility index (Phi) is 7.18. The number of carbonyl (C=O) groups is 2. The van der Waals surface area contributed by atoms with Crippen LogP contribution in [-0.4, -0.2) is 75.9 Å². The summed E-state index contributed by atoms with van der Waals surface area (Å²) in [6.45, 7) is 2.77. The molecule has 0 bridgehead atoms. The minimum absolute atomic E-state index is 0.0696. The van der Waals surface area contributed by atoms with Gasteiger partial charge in [-0.1, -0.05) is 13.0 Å². The third-order valence-corrected chi connectivity index (χ3v) is 8.07. The maximum absolute atomic E-state index is 13.2. The first-order chi connectivity index (χ1) is 16.8. The fourth-order valence-electron chi connectivity index (χ4n) is 4.16. The quantitative estimate of drug-likeness (QED) is 0.614. The summed E-state index contributed by atoms with van der Waals surface area (Å²) >= 11 is 0.